The standard InChI is InChI=1S/C23H25ClN2O4/c1-29-20-12-18-19(13-21(20)30-2)25(14-15-8-10-16(24)11-9-15)23(28)26(22(18)27)17-6-4-3-5-7-17/h3-11,18-21H,12-14H2,1-2H3. The number of anilines is 1. The van der Waals surface area contributed by atoms with Crippen LogP contribution in [-0.4, -0.2) is 49.3 Å². The fourth-order valence-corrected chi connectivity index (χ4v) is 4.66. The van der Waals surface area contributed by atoms with Crippen LogP contribution in [0.25, 0.3) is 0 Å². The number of hydrogen-bond donors (Lipinski definition) is 0. The Hall–Kier alpha value is -2.41. The molecule has 7 heteroatoms. The van der Waals surface area contributed by atoms with Gasteiger partial charge in [0, 0.05) is 31.8 Å². The number of carbonyl (C=O) groups excluding carboxylic acids is 2. The van der Waals surface area contributed by atoms with Crippen LogP contribution in [0.3, 0.4) is 0 Å². The monoisotopic (exact) mass is 428 g/mol. The summed E-state index contributed by atoms with van der Waals surface area (Å²) in [7, 11) is 3.28. The van der Waals surface area contributed by atoms with Gasteiger partial charge in [0.05, 0.1) is 23.8 Å². The first-order valence-electron chi connectivity index (χ1n) is 10.0. The topological polar surface area (TPSA) is 59.1 Å². The summed E-state index contributed by atoms with van der Waals surface area (Å²) in [5, 5.41) is 0.641. The summed E-state index contributed by atoms with van der Waals surface area (Å²) < 4.78 is 11.2. The summed E-state index contributed by atoms with van der Waals surface area (Å²) in [6, 6.07) is 15.9. The van der Waals surface area contributed by atoms with Crippen molar-refractivity contribution in [3.8, 4) is 0 Å². The molecule has 1 saturated heterocycles. The number of imide groups is 1. The predicted molar refractivity (Wildman–Crippen MR) is 114 cm³/mol. The molecule has 2 aromatic carbocycles. The van der Waals surface area contributed by atoms with E-state index in [9.17, 15) is 9.59 Å². The molecule has 2 aromatic rings. The van der Waals surface area contributed by atoms with Crippen LogP contribution in [0.5, 0.6) is 0 Å². The Balaban J connectivity index is 1.72. The van der Waals surface area contributed by atoms with E-state index in [1.807, 2.05) is 42.5 Å². The van der Waals surface area contributed by atoms with Crippen molar-refractivity contribution in [3.05, 3.63) is 65.2 Å². The Kier molecular flexibility index (Phi) is 6.09. The van der Waals surface area contributed by atoms with Gasteiger partial charge in [-0.3, -0.25) is 4.79 Å². The number of urea groups is 1. The minimum absolute atomic E-state index is 0.173. The summed E-state index contributed by atoms with van der Waals surface area (Å²) in [4.78, 5) is 30.1. The molecule has 0 radical (unpaired) electrons. The summed E-state index contributed by atoms with van der Waals surface area (Å²) in [6.45, 7) is 0.391. The van der Waals surface area contributed by atoms with Gasteiger partial charge in [-0.15, -0.1) is 0 Å². The molecule has 158 valence electrons. The summed E-state index contributed by atoms with van der Waals surface area (Å²) in [5.74, 6) is -0.535. The highest BCUT2D eigenvalue weighted by atomic mass is 35.5. The van der Waals surface area contributed by atoms with Crippen molar-refractivity contribution in [1.82, 2.24) is 4.90 Å². The Bertz CT molecular complexity index is 905. The number of fused-ring (bicyclic) bond motifs is 1. The number of nitrogens with zero attached hydrogens (tertiary/aromatic N) is 2. The largest absolute Gasteiger partial charge is 0.379 e. The molecule has 4 rings (SSSR count). The second-order valence-electron chi connectivity index (χ2n) is 7.74. The fraction of sp³-hybridized carbons (Fsp3) is 0.391. The second-order valence-corrected chi connectivity index (χ2v) is 8.18. The van der Waals surface area contributed by atoms with E-state index in [2.05, 4.69) is 0 Å². The van der Waals surface area contributed by atoms with Gasteiger partial charge in [-0.1, -0.05) is 41.9 Å². The summed E-state index contributed by atoms with van der Waals surface area (Å²) >= 11 is 6.02. The highest BCUT2D eigenvalue weighted by Gasteiger charge is 2.51. The molecule has 1 saturated carbocycles. The lowest BCUT2D eigenvalue weighted by Crippen LogP contribution is -2.65. The number of para-hydroxylation sites is 1. The number of ether oxygens (including phenoxy) is 2. The predicted octanol–water partition coefficient (Wildman–Crippen LogP) is 4.12. The lowest BCUT2D eigenvalue weighted by Gasteiger charge is -2.49. The van der Waals surface area contributed by atoms with Gasteiger partial charge in [0.1, 0.15) is 0 Å². The van der Waals surface area contributed by atoms with Crippen LogP contribution in [-0.2, 0) is 20.8 Å². The van der Waals surface area contributed by atoms with Crippen molar-refractivity contribution in [2.75, 3.05) is 19.1 Å². The molecule has 1 aliphatic carbocycles. The molecule has 0 aromatic heterocycles. The van der Waals surface area contributed by atoms with Gasteiger partial charge in [0.2, 0.25) is 5.91 Å². The van der Waals surface area contributed by atoms with Gasteiger partial charge in [-0.05, 0) is 42.7 Å². The number of carbonyl (C=O) groups is 2. The Labute approximate surface area is 181 Å². The van der Waals surface area contributed by atoms with Crippen molar-refractivity contribution in [2.45, 2.75) is 37.6 Å². The van der Waals surface area contributed by atoms with E-state index in [0.29, 0.717) is 30.1 Å². The van der Waals surface area contributed by atoms with Crippen molar-refractivity contribution >= 4 is 29.2 Å². The van der Waals surface area contributed by atoms with Crippen LogP contribution in [0, 0.1) is 5.92 Å². The lowest BCUT2D eigenvalue weighted by molar-refractivity contribution is -0.137. The molecule has 6 nitrogen and oxygen atoms in total. The van der Waals surface area contributed by atoms with Gasteiger partial charge in [-0.2, -0.15) is 0 Å². The number of amides is 3. The van der Waals surface area contributed by atoms with Crippen LogP contribution in [0.1, 0.15) is 18.4 Å². The highest BCUT2D eigenvalue weighted by Crippen LogP contribution is 2.39. The first kappa shape index (κ1) is 20.8. The van der Waals surface area contributed by atoms with E-state index in [1.165, 1.54) is 4.90 Å². The van der Waals surface area contributed by atoms with Crippen LogP contribution < -0.4 is 4.90 Å². The van der Waals surface area contributed by atoms with Gasteiger partial charge in [0.15, 0.2) is 0 Å². The number of rotatable bonds is 5. The smallest absolute Gasteiger partial charge is 0.331 e. The molecule has 0 spiro atoms. The van der Waals surface area contributed by atoms with Crippen LogP contribution in [0.2, 0.25) is 5.02 Å². The maximum atomic E-state index is 13.5. The molecular weight excluding hydrogens is 404 g/mol. The molecule has 4 atom stereocenters. The summed E-state index contributed by atoms with van der Waals surface area (Å²) in [5.41, 5.74) is 1.53. The van der Waals surface area contributed by atoms with Crippen molar-refractivity contribution in [3.63, 3.8) is 0 Å². The zero-order valence-corrected chi connectivity index (χ0v) is 17.8. The van der Waals surface area contributed by atoms with E-state index in [0.717, 1.165) is 5.56 Å². The molecule has 0 N–H and O–H groups in total. The molecule has 1 heterocycles. The molecule has 4 unspecified atom stereocenters. The van der Waals surface area contributed by atoms with Crippen molar-refractivity contribution in [1.29, 1.82) is 0 Å². The van der Waals surface area contributed by atoms with E-state index < -0.39 is 0 Å². The Morgan fingerprint density at radius 3 is 2.20 bits per heavy atom. The van der Waals surface area contributed by atoms with Gasteiger partial charge in [-0.25, -0.2) is 9.69 Å². The Morgan fingerprint density at radius 2 is 1.57 bits per heavy atom. The minimum Gasteiger partial charge on any atom is -0.379 e. The molecule has 2 aliphatic rings. The third-order valence-corrected chi connectivity index (χ3v) is 6.35. The molecule has 0 bridgehead atoms. The number of methoxy groups -OCH3 is 2. The van der Waals surface area contributed by atoms with E-state index >= 15 is 0 Å². The molecule has 2 fully saturated rings. The quantitative estimate of drug-likeness (QED) is 0.718. The lowest BCUT2D eigenvalue weighted by atomic mass is 9.77. The molecule has 1 aliphatic heterocycles. The maximum absolute atomic E-state index is 13.5. The third-order valence-electron chi connectivity index (χ3n) is 6.10. The third kappa shape index (κ3) is 3.83. The average molecular weight is 429 g/mol. The van der Waals surface area contributed by atoms with Gasteiger partial charge >= 0.3 is 6.03 Å². The van der Waals surface area contributed by atoms with Gasteiger partial charge < -0.3 is 14.4 Å². The van der Waals surface area contributed by atoms with E-state index in [4.69, 9.17) is 21.1 Å². The zero-order chi connectivity index (χ0) is 21.3. The zero-order valence-electron chi connectivity index (χ0n) is 17.0. The highest BCUT2D eigenvalue weighted by molar-refractivity contribution is 6.30. The summed E-state index contributed by atoms with van der Waals surface area (Å²) in [6.07, 6.45) is 0.691. The number of hydrogen-bond acceptors (Lipinski definition) is 4. The van der Waals surface area contributed by atoms with Gasteiger partial charge in [0.25, 0.3) is 0 Å². The Morgan fingerprint density at radius 1 is 0.933 bits per heavy atom. The second kappa shape index (κ2) is 8.76. The molecule has 30 heavy (non-hydrogen) atoms. The number of benzene rings is 2. The molecular formula is C23H25ClN2O4. The average Bonchev–Trinajstić information content (AvgIpc) is 2.78. The normalized spacial score (nSPS) is 26.6. The SMILES string of the molecule is COC1CC2C(=O)N(c3ccccc3)C(=O)N(Cc3ccc(Cl)cc3)C2CC1OC. The van der Waals surface area contributed by atoms with Crippen LogP contribution in [0.4, 0.5) is 10.5 Å². The maximum Gasteiger partial charge on any atom is 0.331 e. The first-order chi connectivity index (χ1) is 14.5. The van der Waals surface area contributed by atoms with E-state index in [-0.39, 0.29) is 36.1 Å². The van der Waals surface area contributed by atoms with Crippen molar-refractivity contribution in [2.24, 2.45) is 5.92 Å². The number of halogens is 1. The first-order valence-corrected chi connectivity index (χ1v) is 10.4. The van der Waals surface area contributed by atoms with Crippen LogP contribution >= 0.6 is 11.6 Å². The van der Waals surface area contributed by atoms with Crippen LogP contribution in [0.15, 0.2) is 54.6 Å². The minimum atomic E-state index is -0.355. The van der Waals surface area contributed by atoms with Crippen molar-refractivity contribution < 1.29 is 19.1 Å². The fourth-order valence-electron chi connectivity index (χ4n) is 4.54. The van der Waals surface area contributed by atoms with E-state index in [1.54, 1.807) is 31.3 Å². The molecule has 3 amide bonds.